The second-order valence-electron chi connectivity index (χ2n) is 6.38. The molecule has 0 unspecified atom stereocenters. The number of likely N-dealkylation sites (N-methyl/N-ethyl adjacent to an activating group) is 1. The summed E-state index contributed by atoms with van der Waals surface area (Å²) in [5.41, 5.74) is 10.9. The summed E-state index contributed by atoms with van der Waals surface area (Å²) in [4.78, 5) is 15.2. The Balaban J connectivity index is 2.25. The van der Waals surface area contributed by atoms with Crippen LogP contribution in [0.15, 0.2) is 58.8 Å². The Kier molecular flexibility index (Phi) is 7.95. The lowest BCUT2D eigenvalue weighted by Crippen LogP contribution is -2.19. The molecule has 0 aliphatic carbocycles. The highest BCUT2D eigenvalue weighted by Crippen LogP contribution is 2.25. The van der Waals surface area contributed by atoms with Crippen LogP contribution in [0, 0.1) is 0 Å². The van der Waals surface area contributed by atoms with E-state index in [1.54, 1.807) is 25.9 Å². The predicted octanol–water partition coefficient (Wildman–Crippen LogP) is 3.55. The molecule has 2 aromatic rings. The standard InChI is InChI=1S/C21H30N6O/c1-6-17(9-8-16(11-22)12-23-15-28-5)19(7-2)27(4)21-10-20-18(13-24-21)25-14-26(20)3/h7,9-14H,6,8,15,22H2,1-5H3/b16-11-,17-9-,19-7+,23-12-. The molecule has 0 aromatic carbocycles. The minimum atomic E-state index is 0.326. The van der Waals surface area contributed by atoms with Crippen molar-refractivity contribution in [1.82, 2.24) is 14.5 Å². The van der Waals surface area contributed by atoms with Gasteiger partial charge in [0.15, 0.2) is 0 Å². The summed E-state index contributed by atoms with van der Waals surface area (Å²) in [6.07, 6.45) is 12.8. The summed E-state index contributed by atoms with van der Waals surface area (Å²) in [5, 5.41) is 0. The fourth-order valence-corrected chi connectivity index (χ4v) is 2.99. The Morgan fingerprint density at radius 3 is 2.82 bits per heavy atom. The Morgan fingerprint density at radius 1 is 1.39 bits per heavy atom. The Hall–Kier alpha value is -2.93. The minimum absolute atomic E-state index is 0.326. The van der Waals surface area contributed by atoms with Crippen LogP contribution in [0.2, 0.25) is 0 Å². The lowest BCUT2D eigenvalue weighted by Gasteiger charge is -2.24. The van der Waals surface area contributed by atoms with E-state index in [1.165, 1.54) is 5.57 Å². The number of anilines is 1. The van der Waals surface area contributed by atoms with Crippen molar-refractivity contribution >= 4 is 23.1 Å². The number of rotatable bonds is 9. The Morgan fingerprint density at radius 2 is 2.18 bits per heavy atom. The molecule has 0 atom stereocenters. The third kappa shape index (κ3) is 5.07. The van der Waals surface area contributed by atoms with Crippen molar-refractivity contribution in [2.24, 2.45) is 17.8 Å². The smallest absolute Gasteiger partial charge is 0.137 e. The number of hydrogen-bond donors (Lipinski definition) is 1. The van der Waals surface area contributed by atoms with Gasteiger partial charge in [-0.15, -0.1) is 0 Å². The van der Waals surface area contributed by atoms with Gasteiger partial charge in [-0.25, -0.2) is 9.97 Å². The molecule has 0 aliphatic rings. The van der Waals surface area contributed by atoms with Crippen LogP contribution >= 0.6 is 0 Å². The monoisotopic (exact) mass is 382 g/mol. The van der Waals surface area contributed by atoms with Gasteiger partial charge in [-0.1, -0.05) is 19.1 Å². The van der Waals surface area contributed by atoms with Crippen LogP contribution in [0.1, 0.15) is 26.7 Å². The number of ether oxygens (including phenoxy) is 1. The molecule has 0 fully saturated rings. The van der Waals surface area contributed by atoms with Crippen molar-refractivity contribution < 1.29 is 4.74 Å². The molecule has 2 heterocycles. The van der Waals surface area contributed by atoms with Crippen molar-refractivity contribution in [3.05, 3.63) is 53.8 Å². The maximum Gasteiger partial charge on any atom is 0.137 e. The van der Waals surface area contributed by atoms with E-state index in [1.807, 2.05) is 31.8 Å². The first-order valence-electron chi connectivity index (χ1n) is 9.31. The van der Waals surface area contributed by atoms with Gasteiger partial charge < -0.3 is 19.9 Å². The number of nitrogens with two attached hydrogens (primary N) is 1. The van der Waals surface area contributed by atoms with Crippen LogP contribution in [0.5, 0.6) is 0 Å². The molecule has 0 saturated heterocycles. The third-order valence-corrected chi connectivity index (χ3v) is 4.54. The van der Waals surface area contributed by atoms with Gasteiger partial charge >= 0.3 is 0 Å². The van der Waals surface area contributed by atoms with Crippen molar-refractivity contribution in [2.45, 2.75) is 26.7 Å². The number of methoxy groups -OCH3 is 1. The van der Waals surface area contributed by atoms with Crippen LogP contribution in [0.4, 0.5) is 5.82 Å². The molecule has 28 heavy (non-hydrogen) atoms. The van der Waals surface area contributed by atoms with Crippen molar-refractivity contribution in [1.29, 1.82) is 0 Å². The molecular weight excluding hydrogens is 352 g/mol. The lowest BCUT2D eigenvalue weighted by atomic mass is 10.0. The van der Waals surface area contributed by atoms with Gasteiger partial charge in [-0.2, -0.15) is 0 Å². The van der Waals surface area contributed by atoms with E-state index < -0.39 is 0 Å². The summed E-state index contributed by atoms with van der Waals surface area (Å²) >= 11 is 0. The van der Waals surface area contributed by atoms with Gasteiger partial charge in [0.1, 0.15) is 18.1 Å². The van der Waals surface area contributed by atoms with Crippen LogP contribution in [-0.2, 0) is 11.8 Å². The van der Waals surface area contributed by atoms with Gasteiger partial charge in [0.25, 0.3) is 0 Å². The number of fused-ring (bicyclic) bond motifs is 1. The second kappa shape index (κ2) is 10.4. The summed E-state index contributed by atoms with van der Waals surface area (Å²) in [7, 11) is 5.63. The highest BCUT2D eigenvalue weighted by atomic mass is 16.5. The average molecular weight is 383 g/mol. The number of aromatic nitrogens is 3. The molecular formula is C21H30N6O. The normalized spacial score (nSPS) is 13.7. The molecule has 2 N–H and O–H groups in total. The molecule has 7 nitrogen and oxygen atoms in total. The average Bonchev–Trinajstić information content (AvgIpc) is 3.09. The van der Waals surface area contributed by atoms with Crippen LogP contribution in [0.25, 0.3) is 11.0 Å². The van der Waals surface area contributed by atoms with E-state index in [0.29, 0.717) is 13.2 Å². The van der Waals surface area contributed by atoms with E-state index in [-0.39, 0.29) is 0 Å². The SMILES string of the molecule is C/C=C(\C(=C/CC(/C=N\COC)=C/N)CC)N(C)c1cc2c(cn1)ncn2C. The first kappa shape index (κ1) is 21.4. The van der Waals surface area contributed by atoms with Crippen molar-refractivity contribution in [2.75, 3.05) is 25.8 Å². The number of imidazole rings is 1. The number of allylic oxidation sites excluding steroid dienone is 4. The predicted molar refractivity (Wildman–Crippen MR) is 116 cm³/mol. The van der Waals surface area contributed by atoms with Gasteiger partial charge in [-0.3, -0.25) is 4.99 Å². The fourth-order valence-electron chi connectivity index (χ4n) is 2.99. The summed E-state index contributed by atoms with van der Waals surface area (Å²) in [5.74, 6) is 0.875. The zero-order valence-electron chi connectivity index (χ0n) is 17.4. The molecule has 0 radical (unpaired) electrons. The van der Waals surface area contributed by atoms with Crippen LogP contribution < -0.4 is 10.6 Å². The molecule has 150 valence electrons. The summed E-state index contributed by atoms with van der Waals surface area (Å²) in [6.45, 7) is 4.51. The second-order valence-corrected chi connectivity index (χ2v) is 6.38. The molecule has 0 saturated carbocycles. The largest absolute Gasteiger partial charge is 0.404 e. The highest BCUT2D eigenvalue weighted by molar-refractivity contribution is 5.79. The molecule has 0 spiro atoms. The highest BCUT2D eigenvalue weighted by Gasteiger charge is 2.13. The van der Waals surface area contributed by atoms with Gasteiger partial charge in [-0.05, 0) is 37.1 Å². The number of hydrogen-bond acceptors (Lipinski definition) is 6. The van der Waals surface area contributed by atoms with E-state index >= 15 is 0 Å². The first-order chi connectivity index (χ1) is 13.5. The third-order valence-electron chi connectivity index (χ3n) is 4.54. The number of nitrogens with zero attached hydrogens (tertiary/aromatic N) is 5. The zero-order chi connectivity index (χ0) is 20.5. The van der Waals surface area contributed by atoms with Gasteiger partial charge in [0, 0.05) is 39.2 Å². The number of aliphatic imine (C=N–C) groups is 1. The minimum Gasteiger partial charge on any atom is -0.404 e. The maximum absolute atomic E-state index is 5.73. The first-order valence-corrected chi connectivity index (χ1v) is 9.31. The summed E-state index contributed by atoms with van der Waals surface area (Å²) < 4.78 is 6.94. The van der Waals surface area contributed by atoms with Crippen molar-refractivity contribution in [3.63, 3.8) is 0 Å². The van der Waals surface area contributed by atoms with Gasteiger partial charge in [0.2, 0.25) is 0 Å². The zero-order valence-corrected chi connectivity index (χ0v) is 17.4. The van der Waals surface area contributed by atoms with E-state index in [0.717, 1.165) is 34.5 Å². The van der Waals surface area contributed by atoms with Crippen LogP contribution in [-0.4, -0.2) is 41.6 Å². The molecule has 0 bridgehead atoms. The Bertz CT molecular complexity index is 907. The number of pyridine rings is 1. The topological polar surface area (TPSA) is 81.6 Å². The Labute approximate surface area is 166 Å². The van der Waals surface area contributed by atoms with E-state index in [4.69, 9.17) is 10.5 Å². The van der Waals surface area contributed by atoms with E-state index in [2.05, 4.69) is 45.0 Å². The van der Waals surface area contributed by atoms with Crippen molar-refractivity contribution in [3.8, 4) is 0 Å². The molecule has 0 amide bonds. The quantitative estimate of drug-likeness (QED) is 0.530. The maximum atomic E-state index is 5.73. The van der Waals surface area contributed by atoms with Crippen LogP contribution in [0.3, 0.4) is 0 Å². The summed E-state index contributed by atoms with van der Waals surface area (Å²) in [6, 6.07) is 2.06. The van der Waals surface area contributed by atoms with Gasteiger partial charge in [0.05, 0.1) is 18.0 Å². The molecule has 0 aliphatic heterocycles. The molecule has 7 heteroatoms. The number of aryl methyl sites for hydroxylation is 1. The molecule has 2 rings (SSSR count). The molecule has 2 aromatic heterocycles. The lowest BCUT2D eigenvalue weighted by molar-refractivity contribution is 0.209. The fraction of sp³-hybridized carbons (Fsp3) is 0.381. The van der Waals surface area contributed by atoms with E-state index in [9.17, 15) is 0 Å².